The number of likely N-dealkylation sites (tertiary alicyclic amines) is 1. The fraction of sp³-hybridized carbons (Fsp3) is 0.400. The van der Waals surface area contributed by atoms with Crippen molar-refractivity contribution < 1.29 is 14.7 Å². The molecule has 2 heterocycles. The minimum Gasteiger partial charge on any atom is -0.478 e. The molecule has 5 heteroatoms. The van der Waals surface area contributed by atoms with Crippen LogP contribution in [0.4, 0.5) is 0 Å². The molecule has 0 bridgehead atoms. The fourth-order valence-electron chi connectivity index (χ4n) is 3.52. The second kappa shape index (κ2) is 7.13. The van der Waals surface area contributed by atoms with Crippen molar-refractivity contribution in [3.63, 3.8) is 0 Å². The van der Waals surface area contributed by atoms with Crippen molar-refractivity contribution >= 4 is 11.9 Å². The summed E-state index contributed by atoms with van der Waals surface area (Å²) in [6, 6.07) is 11.1. The van der Waals surface area contributed by atoms with Crippen LogP contribution in [0.2, 0.25) is 0 Å². The molecule has 1 atom stereocenters. The summed E-state index contributed by atoms with van der Waals surface area (Å²) in [7, 11) is 0. The summed E-state index contributed by atoms with van der Waals surface area (Å²) in [5, 5.41) is 9.02. The molecular weight excluding hydrogens is 316 g/mol. The Hall–Kier alpha value is -2.56. The number of carbonyl (C=O) groups excluding carboxylic acids is 1. The maximum atomic E-state index is 12.9. The van der Waals surface area contributed by atoms with E-state index in [1.165, 1.54) is 0 Å². The first-order valence-corrected chi connectivity index (χ1v) is 8.76. The number of carboxylic acid groups (broad SMARTS) is 1. The number of hydrogen-bond acceptors (Lipinski definition) is 2. The van der Waals surface area contributed by atoms with Crippen LogP contribution >= 0.6 is 0 Å². The molecule has 5 nitrogen and oxygen atoms in total. The van der Waals surface area contributed by atoms with Gasteiger partial charge in [-0.25, -0.2) is 4.79 Å². The summed E-state index contributed by atoms with van der Waals surface area (Å²) >= 11 is 0. The molecule has 0 aliphatic carbocycles. The summed E-state index contributed by atoms with van der Waals surface area (Å²) in [6.07, 6.45) is 3.92. The first-order valence-electron chi connectivity index (χ1n) is 8.76. The van der Waals surface area contributed by atoms with Crippen molar-refractivity contribution in [2.75, 3.05) is 13.1 Å². The van der Waals surface area contributed by atoms with E-state index in [0.29, 0.717) is 12.1 Å². The lowest BCUT2D eigenvalue weighted by Crippen LogP contribution is -2.40. The average molecular weight is 340 g/mol. The third-order valence-corrected chi connectivity index (χ3v) is 4.89. The van der Waals surface area contributed by atoms with E-state index in [1.807, 2.05) is 39.9 Å². The first-order chi connectivity index (χ1) is 12.0. The van der Waals surface area contributed by atoms with Crippen LogP contribution in [0.1, 0.15) is 65.1 Å². The molecule has 2 aromatic rings. The highest BCUT2D eigenvalue weighted by Crippen LogP contribution is 2.28. The van der Waals surface area contributed by atoms with Crippen molar-refractivity contribution in [2.45, 2.75) is 38.6 Å². The number of hydrogen-bond donors (Lipinski definition) is 1. The summed E-state index contributed by atoms with van der Waals surface area (Å²) in [5.41, 5.74) is 2.13. The molecule has 1 aromatic carbocycles. The molecule has 1 saturated heterocycles. The highest BCUT2D eigenvalue weighted by atomic mass is 16.4. The predicted molar refractivity (Wildman–Crippen MR) is 96.1 cm³/mol. The van der Waals surface area contributed by atoms with E-state index >= 15 is 0 Å². The van der Waals surface area contributed by atoms with Crippen LogP contribution in [-0.4, -0.2) is 39.5 Å². The average Bonchev–Trinajstić information content (AvgIpc) is 3.11. The number of amides is 1. The maximum absolute atomic E-state index is 12.9. The van der Waals surface area contributed by atoms with Gasteiger partial charge >= 0.3 is 5.97 Å². The Kier molecular flexibility index (Phi) is 4.93. The third kappa shape index (κ3) is 3.60. The second-order valence-electron chi connectivity index (χ2n) is 6.91. The number of piperidine rings is 1. The minimum atomic E-state index is -0.915. The van der Waals surface area contributed by atoms with Gasteiger partial charge in [0.25, 0.3) is 5.91 Å². The van der Waals surface area contributed by atoms with Gasteiger partial charge in [-0.1, -0.05) is 12.1 Å². The highest BCUT2D eigenvalue weighted by Gasteiger charge is 2.27. The summed E-state index contributed by atoms with van der Waals surface area (Å²) in [5.74, 6) is -0.588. The van der Waals surface area contributed by atoms with Gasteiger partial charge in [0.1, 0.15) is 5.69 Å². The molecular formula is C20H24N2O3. The van der Waals surface area contributed by atoms with E-state index in [0.717, 1.165) is 30.6 Å². The smallest absolute Gasteiger partial charge is 0.335 e. The normalized spacial score (nSPS) is 17.7. The zero-order chi connectivity index (χ0) is 18.0. The van der Waals surface area contributed by atoms with Gasteiger partial charge in [-0.2, -0.15) is 0 Å². The number of aromatic carboxylic acids is 1. The van der Waals surface area contributed by atoms with Crippen molar-refractivity contribution in [1.82, 2.24) is 9.47 Å². The Labute approximate surface area is 147 Å². The molecule has 132 valence electrons. The van der Waals surface area contributed by atoms with Gasteiger partial charge in [0.05, 0.1) is 5.56 Å². The van der Waals surface area contributed by atoms with Gasteiger partial charge in [0, 0.05) is 31.2 Å². The quantitative estimate of drug-likeness (QED) is 0.921. The molecule has 1 aliphatic heterocycles. The van der Waals surface area contributed by atoms with Gasteiger partial charge in [0.15, 0.2) is 0 Å². The van der Waals surface area contributed by atoms with Crippen molar-refractivity contribution in [1.29, 1.82) is 0 Å². The summed E-state index contributed by atoms with van der Waals surface area (Å²) in [4.78, 5) is 25.9. The minimum absolute atomic E-state index is 0.0746. The van der Waals surface area contributed by atoms with Crippen molar-refractivity contribution in [3.8, 4) is 0 Å². The zero-order valence-electron chi connectivity index (χ0n) is 14.7. The van der Waals surface area contributed by atoms with Crippen LogP contribution in [-0.2, 0) is 0 Å². The lowest BCUT2D eigenvalue weighted by molar-refractivity contribution is 0.0689. The predicted octanol–water partition coefficient (Wildman–Crippen LogP) is 3.79. The Morgan fingerprint density at radius 1 is 1.16 bits per heavy atom. The zero-order valence-corrected chi connectivity index (χ0v) is 14.7. The second-order valence-corrected chi connectivity index (χ2v) is 6.91. The third-order valence-electron chi connectivity index (χ3n) is 4.89. The summed E-state index contributed by atoms with van der Waals surface area (Å²) < 4.78 is 2.01. The van der Waals surface area contributed by atoms with Gasteiger partial charge in [-0.05, 0) is 56.5 Å². The van der Waals surface area contributed by atoms with Crippen LogP contribution in [0.3, 0.4) is 0 Å². The van der Waals surface area contributed by atoms with Gasteiger partial charge < -0.3 is 14.6 Å². The monoisotopic (exact) mass is 340 g/mol. The van der Waals surface area contributed by atoms with E-state index in [9.17, 15) is 9.59 Å². The van der Waals surface area contributed by atoms with E-state index in [4.69, 9.17) is 5.11 Å². The number of rotatable bonds is 4. The fourth-order valence-corrected chi connectivity index (χ4v) is 3.52. The molecule has 1 aliphatic rings. The number of benzene rings is 1. The van der Waals surface area contributed by atoms with Crippen molar-refractivity contribution in [2.24, 2.45) is 0 Å². The van der Waals surface area contributed by atoms with Gasteiger partial charge in [-0.3, -0.25) is 4.79 Å². The number of carboxylic acids is 1. The molecule has 0 unspecified atom stereocenters. The first kappa shape index (κ1) is 17.3. The highest BCUT2D eigenvalue weighted by molar-refractivity contribution is 5.93. The standard InChI is InChI=1S/C20H24N2O3/c1-14(2)22-12-4-6-18(22)19(23)21-11-3-5-17(13-21)15-7-9-16(10-8-15)20(24)25/h4,6-10,12,14,17H,3,5,11,13H2,1-2H3,(H,24,25)/t17-/m1/s1. The van der Waals surface area contributed by atoms with Crippen LogP contribution < -0.4 is 0 Å². The molecule has 1 fully saturated rings. The van der Waals surface area contributed by atoms with E-state index < -0.39 is 5.97 Å². The molecule has 3 rings (SSSR count). The number of carbonyl (C=O) groups is 2. The molecule has 1 amide bonds. The largest absolute Gasteiger partial charge is 0.478 e. The van der Waals surface area contributed by atoms with E-state index in [1.54, 1.807) is 12.1 Å². The lowest BCUT2D eigenvalue weighted by Gasteiger charge is -2.33. The molecule has 1 aromatic heterocycles. The molecule has 25 heavy (non-hydrogen) atoms. The van der Waals surface area contributed by atoms with Crippen LogP contribution in [0.15, 0.2) is 42.6 Å². The van der Waals surface area contributed by atoms with E-state index in [-0.39, 0.29) is 17.9 Å². The summed E-state index contributed by atoms with van der Waals surface area (Å²) in [6.45, 7) is 5.58. The van der Waals surface area contributed by atoms with Gasteiger partial charge in [-0.15, -0.1) is 0 Å². The van der Waals surface area contributed by atoms with Gasteiger partial charge in [0.2, 0.25) is 0 Å². The van der Waals surface area contributed by atoms with Crippen molar-refractivity contribution in [3.05, 3.63) is 59.4 Å². The van der Waals surface area contributed by atoms with Crippen LogP contribution in [0.5, 0.6) is 0 Å². The van der Waals surface area contributed by atoms with Crippen LogP contribution in [0.25, 0.3) is 0 Å². The Bertz CT molecular complexity index is 762. The molecule has 1 N–H and O–H groups in total. The maximum Gasteiger partial charge on any atom is 0.335 e. The Morgan fingerprint density at radius 2 is 1.88 bits per heavy atom. The number of nitrogens with zero attached hydrogens (tertiary/aromatic N) is 2. The molecule has 0 spiro atoms. The molecule has 0 saturated carbocycles. The number of aromatic nitrogens is 1. The van der Waals surface area contributed by atoms with E-state index in [2.05, 4.69) is 13.8 Å². The molecule has 0 radical (unpaired) electrons. The SMILES string of the molecule is CC(C)n1cccc1C(=O)N1CCC[C@@H](c2ccc(C(=O)O)cc2)C1. The Balaban J connectivity index is 1.75. The van der Waals surface area contributed by atoms with Crippen LogP contribution in [0, 0.1) is 0 Å². The lowest BCUT2D eigenvalue weighted by atomic mass is 9.90. The Morgan fingerprint density at radius 3 is 2.52 bits per heavy atom. The topological polar surface area (TPSA) is 62.5 Å².